The molecule has 7 nitrogen and oxygen atoms in total. The van der Waals surface area contributed by atoms with Crippen molar-refractivity contribution in [2.45, 2.75) is 25.3 Å². The van der Waals surface area contributed by atoms with Gasteiger partial charge in [-0.1, -0.05) is 11.6 Å². The molecule has 1 aromatic heterocycles. The van der Waals surface area contributed by atoms with E-state index in [0.717, 1.165) is 11.1 Å². The van der Waals surface area contributed by atoms with Crippen molar-refractivity contribution in [3.8, 4) is 5.75 Å². The number of hydrogen-bond donors (Lipinski definition) is 2. The molecule has 30 heavy (non-hydrogen) atoms. The quantitative estimate of drug-likeness (QED) is 0.541. The number of amides is 1. The largest absolute Gasteiger partial charge is 0.484 e. The number of rotatable bonds is 8. The number of anilines is 1. The summed E-state index contributed by atoms with van der Waals surface area (Å²) in [4.78, 5) is 12.2. The third-order valence-electron chi connectivity index (χ3n) is 4.24. The van der Waals surface area contributed by atoms with E-state index in [9.17, 15) is 13.2 Å². The van der Waals surface area contributed by atoms with Crippen LogP contribution in [-0.4, -0.2) is 20.9 Å². The molecule has 0 aliphatic rings. The van der Waals surface area contributed by atoms with Crippen LogP contribution < -0.4 is 14.8 Å². The second kappa shape index (κ2) is 9.34. The van der Waals surface area contributed by atoms with Crippen molar-refractivity contribution in [2.75, 3.05) is 11.9 Å². The van der Waals surface area contributed by atoms with Gasteiger partial charge in [-0.05, 0) is 73.5 Å². The second-order valence-electron chi connectivity index (χ2n) is 6.64. The summed E-state index contributed by atoms with van der Waals surface area (Å²) < 4.78 is 37.7. The third-order valence-corrected chi connectivity index (χ3v) is 6.26. The molecule has 1 heterocycles. The van der Waals surface area contributed by atoms with E-state index in [2.05, 4.69) is 10.0 Å². The molecule has 0 spiro atoms. The highest BCUT2D eigenvalue weighted by Crippen LogP contribution is 2.25. The Bertz CT molecular complexity index is 1100. The highest BCUT2D eigenvalue weighted by molar-refractivity contribution is 7.89. The maximum absolute atomic E-state index is 12.3. The summed E-state index contributed by atoms with van der Waals surface area (Å²) in [5.41, 5.74) is 2.19. The van der Waals surface area contributed by atoms with Gasteiger partial charge in [0, 0.05) is 10.7 Å². The molecule has 0 aliphatic heterocycles. The first-order valence-corrected chi connectivity index (χ1v) is 10.9. The molecule has 0 saturated carbocycles. The molecular weight excluding hydrogens is 428 g/mol. The maximum atomic E-state index is 12.3. The minimum Gasteiger partial charge on any atom is -0.484 e. The number of furan rings is 1. The number of carbonyl (C=O) groups is 1. The Morgan fingerprint density at radius 2 is 1.77 bits per heavy atom. The first-order valence-electron chi connectivity index (χ1n) is 9.06. The van der Waals surface area contributed by atoms with Crippen molar-refractivity contribution < 1.29 is 22.4 Å². The van der Waals surface area contributed by atoms with Crippen LogP contribution in [0, 0.1) is 13.8 Å². The molecule has 0 fully saturated rings. The predicted octanol–water partition coefficient (Wildman–Crippen LogP) is 4.05. The number of nitrogens with one attached hydrogen (secondary N) is 2. The zero-order valence-electron chi connectivity index (χ0n) is 16.4. The molecule has 0 saturated heterocycles. The van der Waals surface area contributed by atoms with Crippen molar-refractivity contribution in [1.82, 2.24) is 4.72 Å². The fourth-order valence-corrected chi connectivity index (χ4v) is 3.82. The summed E-state index contributed by atoms with van der Waals surface area (Å²) in [5, 5.41) is 3.33. The van der Waals surface area contributed by atoms with Crippen LogP contribution >= 0.6 is 11.6 Å². The van der Waals surface area contributed by atoms with Gasteiger partial charge in [0.2, 0.25) is 10.0 Å². The van der Waals surface area contributed by atoms with Crippen LogP contribution in [0.15, 0.2) is 64.1 Å². The van der Waals surface area contributed by atoms with Gasteiger partial charge in [0.05, 0.1) is 17.7 Å². The average Bonchev–Trinajstić information content (AvgIpc) is 3.23. The number of halogens is 1. The summed E-state index contributed by atoms with van der Waals surface area (Å²) in [6, 6.07) is 12.7. The number of carbonyl (C=O) groups excluding carboxylic acids is 1. The highest BCUT2D eigenvalue weighted by atomic mass is 35.5. The Labute approximate surface area is 180 Å². The van der Waals surface area contributed by atoms with Crippen LogP contribution in [0.4, 0.5) is 5.69 Å². The lowest BCUT2D eigenvalue weighted by Crippen LogP contribution is -2.23. The Balaban J connectivity index is 1.55. The smallest absolute Gasteiger partial charge is 0.262 e. The molecule has 158 valence electrons. The second-order valence-corrected chi connectivity index (χ2v) is 8.78. The lowest BCUT2D eigenvalue weighted by Gasteiger charge is -2.11. The molecule has 1 amide bonds. The van der Waals surface area contributed by atoms with E-state index in [1.165, 1.54) is 30.5 Å². The number of benzene rings is 2. The van der Waals surface area contributed by atoms with E-state index in [-0.39, 0.29) is 24.0 Å². The summed E-state index contributed by atoms with van der Waals surface area (Å²) in [6.07, 6.45) is 1.47. The van der Waals surface area contributed by atoms with Gasteiger partial charge in [0.1, 0.15) is 11.5 Å². The van der Waals surface area contributed by atoms with E-state index < -0.39 is 10.0 Å². The maximum Gasteiger partial charge on any atom is 0.262 e. The van der Waals surface area contributed by atoms with Gasteiger partial charge in [-0.25, -0.2) is 13.1 Å². The van der Waals surface area contributed by atoms with Crippen LogP contribution in [0.25, 0.3) is 0 Å². The van der Waals surface area contributed by atoms with E-state index >= 15 is 0 Å². The minimum absolute atomic E-state index is 0.0504. The fraction of sp³-hybridized carbons (Fsp3) is 0.190. The Morgan fingerprint density at radius 3 is 2.37 bits per heavy atom. The predicted molar refractivity (Wildman–Crippen MR) is 114 cm³/mol. The third kappa shape index (κ3) is 5.63. The number of aryl methyl sites for hydroxylation is 2. The summed E-state index contributed by atoms with van der Waals surface area (Å²) in [7, 11) is -3.70. The Morgan fingerprint density at radius 1 is 1.10 bits per heavy atom. The number of sulfonamides is 1. The van der Waals surface area contributed by atoms with Crippen molar-refractivity contribution in [3.63, 3.8) is 0 Å². The fourth-order valence-electron chi connectivity index (χ4n) is 2.72. The van der Waals surface area contributed by atoms with Gasteiger partial charge in [-0.3, -0.25) is 4.79 Å². The van der Waals surface area contributed by atoms with E-state index in [0.29, 0.717) is 22.2 Å². The van der Waals surface area contributed by atoms with Gasteiger partial charge < -0.3 is 14.5 Å². The molecule has 2 N–H and O–H groups in total. The number of hydrogen-bond acceptors (Lipinski definition) is 5. The van der Waals surface area contributed by atoms with Gasteiger partial charge in [0.25, 0.3) is 5.91 Å². The summed E-state index contributed by atoms with van der Waals surface area (Å²) in [6.45, 7) is 3.59. The van der Waals surface area contributed by atoms with E-state index in [1.807, 2.05) is 13.8 Å². The normalized spacial score (nSPS) is 11.3. The lowest BCUT2D eigenvalue weighted by molar-refractivity contribution is -0.118. The van der Waals surface area contributed by atoms with Crippen molar-refractivity contribution >= 4 is 33.2 Å². The molecule has 0 atom stereocenters. The SMILES string of the molecule is Cc1cc(OCC(=O)Nc2ccc(S(=O)(=O)NCc3ccco3)cc2)cc(C)c1Cl. The minimum atomic E-state index is -3.70. The van der Waals surface area contributed by atoms with Crippen molar-refractivity contribution in [2.24, 2.45) is 0 Å². The lowest BCUT2D eigenvalue weighted by atomic mass is 10.1. The molecule has 3 aromatic rings. The van der Waals surface area contributed by atoms with Gasteiger partial charge in [-0.15, -0.1) is 0 Å². The first kappa shape index (κ1) is 21.9. The van der Waals surface area contributed by atoms with Crippen LogP contribution in [0.5, 0.6) is 5.75 Å². The van der Waals surface area contributed by atoms with Crippen molar-refractivity contribution in [1.29, 1.82) is 0 Å². The molecular formula is C21H21ClN2O5S. The monoisotopic (exact) mass is 448 g/mol. The van der Waals surface area contributed by atoms with Crippen molar-refractivity contribution in [3.05, 3.63) is 76.7 Å². The van der Waals surface area contributed by atoms with Crippen LogP contribution in [0.3, 0.4) is 0 Å². The summed E-state index contributed by atoms with van der Waals surface area (Å²) >= 11 is 6.12. The number of ether oxygens (including phenoxy) is 1. The zero-order valence-corrected chi connectivity index (χ0v) is 18.0. The van der Waals surface area contributed by atoms with Crippen LogP contribution in [-0.2, 0) is 21.4 Å². The van der Waals surface area contributed by atoms with Crippen LogP contribution in [0.2, 0.25) is 5.02 Å². The van der Waals surface area contributed by atoms with Gasteiger partial charge in [-0.2, -0.15) is 0 Å². The molecule has 0 radical (unpaired) electrons. The first-order chi connectivity index (χ1) is 14.2. The standard InChI is InChI=1S/C21H21ClN2O5S/c1-14-10-18(11-15(2)21(14)22)29-13-20(25)24-16-5-7-19(8-6-16)30(26,27)23-12-17-4-3-9-28-17/h3-11,23H,12-13H2,1-2H3,(H,24,25). The van der Waals surface area contributed by atoms with Gasteiger partial charge >= 0.3 is 0 Å². The highest BCUT2D eigenvalue weighted by Gasteiger charge is 2.15. The molecule has 0 unspecified atom stereocenters. The Kier molecular flexibility index (Phi) is 6.81. The molecule has 9 heteroatoms. The summed E-state index contributed by atoms with van der Waals surface area (Å²) in [5.74, 6) is 0.689. The zero-order chi connectivity index (χ0) is 21.7. The topological polar surface area (TPSA) is 97.6 Å². The van der Waals surface area contributed by atoms with Gasteiger partial charge in [0.15, 0.2) is 6.61 Å². The molecule has 2 aromatic carbocycles. The van der Waals surface area contributed by atoms with E-state index in [4.69, 9.17) is 20.8 Å². The van der Waals surface area contributed by atoms with Crippen LogP contribution in [0.1, 0.15) is 16.9 Å². The molecule has 3 rings (SSSR count). The Hall–Kier alpha value is -2.81. The molecule has 0 bridgehead atoms. The molecule has 0 aliphatic carbocycles. The van der Waals surface area contributed by atoms with E-state index in [1.54, 1.807) is 24.3 Å². The average molecular weight is 449 g/mol.